The molecule has 1 amide bonds. The van der Waals surface area contributed by atoms with Gasteiger partial charge in [-0.2, -0.15) is 0 Å². The lowest BCUT2D eigenvalue weighted by atomic mass is 9.80. The molecule has 1 saturated carbocycles. The number of aryl methyl sites for hydroxylation is 1. The van der Waals surface area contributed by atoms with Crippen LogP contribution in [0, 0.1) is 12.8 Å². The van der Waals surface area contributed by atoms with E-state index in [1.54, 1.807) is 6.26 Å². The number of carbonyl (C=O) groups is 1. The maximum atomic E-state index is 12.6. The van der Waals surface area contributed by atoms with E-state index in [2.05, 4.69) is 10.3 Å². The van der Waals surface area contributed by atoms with Gasteiger partial charge in [-0.3, -0.25) is 4.79 Å². The predicted molar refractivity (Wildman–Crippen MR) is 103 cm³/mol. The summed E-state index contributed by atoms with van der Waals surface area (Å²) < 4.78 is 11.3. The largest absolute Gasteiger partial charge is 0.467 e. The Hall–Kier alpha value is -2.41. The van der Waals surface area contributed by atoms with Crippen LogP contribution in [0.25, 0.3) is 0 Å². The molecule has 2 aliphatic heterocycles. The lowest BCUT2D eigenvalue weighted by Gasteiger charge is -2.35. The molecule has 4 heterocycles. The van der Waals surface area contributed by atoms with Crippen LogP contribution in [-0.2, 0) is 28.1 Å². The Balaban J connectivity index is 1.39. The summed E-state index contributed by atoms with van der Waals surface area (Å²) in [4.78, 5) is 24.2. The molecule has 1 saturated heterocycles. The molecule has 2 aromatic rings. The Morgan fingerprint density at radius 1 is 1.39 bits per heavy atom. The minimum absolute atomic E-state index is 0.221. The number of ether oxygens (including phenoxy) is 1. The summed E-state index contributed by atoms with van der Waals surface area (Å²) in [7, 11) is 0. The fourth-order valence-electron chi connectivity index (χ4n) is 4.38. The highest BCUT2D eigenvalue weighted by Crippen LogP contribution is 2.41. The Bertz CT molecular complexity index is 878. The van der Waals surface area contributed by atoms with Gasteiger partial charge in [-0.25, -0.2) is 9.97 Å². The first-order valence-electron chi connectivity index (χ1n) is 10.1. The second kappa shape index (κ2) is 6.88. The van der Waals surface area contributed by atoms with Gasteiger partial charge in [-0.05, 0) is 44.2 Å². The number of aromatic nitrogens is 2. The van der Waals surface area contributed by atoms with Crippen molar-refractivity contribution in [2.45, 2.75) is 51.2 Å². The van der Waals surface area contributed by atoms with Gasteiger partial charge in [-0.15, -0.1) is 0 Å². The molecule has 28 heavy (non-hydrogen) atoms. The van der Waals surface area contributed by atoms with E-state index in [9.17, 15) is 4.79 Å². The highest BCUT2D eigenvalue weighted by Gasteiger charge is 2.47. The van der Waals surface area contributed by atoms with Gasteiger partial charge in [0, 0.05) is 30.8 Å². The molecule has 1 spiro atoms. The fraction of sp³-hybridized carbons (Fsp3) is 0.571. The maximum absolute atomic E-state index is 12.6. The molecular formula is C21H26N4O3. The van der Waals surface area contributed by atoms with Crippen LogP contribution in [-0.4, -0.2) is 40.5 Å². The van der Waals surface area contributed by atoms with Crippen molar-refractivity contribution in [1.82, 2.24) is 14.9 Å². The van der Waals surface area contributed by atoms with E-state index in [-0.39, 0.29) is 11.3 Å². The number of amides is 1. The third-order valence-corrected chi connectivity index (χ3v) is 6.21. The molecule has 1 atom stereocenters. The van der Waals surface area contributed by atoms with Gasteiger partial charge >= 0.3 is 0 Å². The fourth-order valence-corrected chi connectivity index (χ4v) is 4.38. The lowest BCUT2D eigenvalue weighted by Crippen LogP contribution is -2.42. The molecule has 3 aliphatic rings. The first kappa shape index (κ1) is 17.7. The average Bonchev–Trinajstić information content (AvgIpc) is 3.18. The van der Waals surface area contributed by atoms with Crippen LogP contribution in [0.1, 0.15) is 48.4 Å². The number of anilines is 1. The number of carbonyl (C=O) groups excluding carboxylic acids is 1. The number of rotatable bonds is 5. The van der Waals surface area contributed by atoms with Crippen molar-refractivity contribution in [2.24, 2.45) is 5.92 Å². The number of hydrogen-bond acceptors (Lipinski definition) is 6. The molecule has 148 valence electrons. The van der Waals surface area contributed by atoms with Crippen molar-refractivity contribution in [3.8, 4) is 0 Å². The van der Waals surface area contributed by atoms with Crippen LogP contribution in [0.4, 0.5) is 5.95 Å². The molecule has 0 bridgehead atoms. The maximum Gasteiger partial charge on any atom is 0.223 e. The Labute approximate surface area is 164 Å². The molecule has 1 aliphatic carbocycles. The van der Waals surface area contributed by atoms with Gasteiger partial charge in [0.2, 0.25) is 11.9 Å². The van der Waals surface area contributed by atoms with Crippen molar-refractivity contribution in [2.75, 3.05) is 25.0 Å². The number of likely N-dealkylation sites (tertiary alicyclic amines) is 1. The highest BCUT2D eigenvalue weighted by atomic mass is 16.5. The van der Waals surface area contributed by atoms with Gasteiger partial charge in [0.05, 0.1) is 37.1 Å². The minimum atomic E-state index is -0.221. The lowest BCUT2D eigenvalue weighted by molar-refractivity contribution is -0.130. The molecule has 7 heteroatoms. The van der Waals surface area contributed by atoms with Crippen LogP contribution >= 0.6 is 0 Å². The zero-order valence-corrected chi connectivity index (χ0v) is 16.2. The smallest absolute Gasteiger partial charge is 0.223 e. The Morgan fingerprint density at radius 3 is 3.07 bits per heavy atom. The summed E-state index contributed by atoms with van der Waals surface area (Å²) in [5, 5.41) is 3.28. The van der Waals surface area contributed by atoms with E-state index in [0.29, 0.717) is 44.6 Å². The first-order valence-corrected chi connectivity index (χ1v) is 10.1. The summed E-state index contributed by atoms with van der Waals surface area (Å²) in [6.45, 7) is 5.18. The van der Waals surface area contributed by atoms with Gasteiger partial charge in [0.1, 0.15) is 5.76 Å². The molecule has 2 fully saturated rings. The number of nitrogens with zero attached hydrogens (tertiary/aromatic N) is 3. The predicted octanol–water partition coefficient (Wildman–Crippen LogP) is 2.79. The van der Waals surface area contributed by atoms with E-state index in [4.69, 9.17) is 14.1 Å². The summed E-state index contributed by atoms with van der Waals surface area (Å²) in [6, 6.07) is 3.79. The molecule has 0 radical (unpaired) electrons. The summed E-state index contributed by atoms with van der Waals surface area (Å²) in [6.07, 6.45) is 5.66. The van der Waals surface area contributed by atoms with Crippen LogP contribution in [0.3, 0.4) is 0 Å². The van der Waals surface area contributed by atoms with Gasteiger partial charge in [-0.1, -0.05) is 0 Å². The molecule has 7 nitrogen and oxygen atoms in total. The van der Waals surface area contributed by atoms with E-state index in [1.807, 2.05) is 24.0 Å². The van der Waals surface area contributed by atoms with Crippen LogP contribution < -0.4 is 5.32 Å². The quantitative estimate of drug-likeness (QED) is 0.857. The van der Waals surface area contributed by atoms with Crippen molar-refractivity contribution < 1.29 is 13.9 Å². The zero-order chi connectivity index (χ0) is 19.1. The second-order valence-electron chi connectivity index (χ2n) is 8.38. The van der Waals surface area contributed by atoms with Crippen molar-refractivity contribution in [1.29, 1.82) is 0 Å². The normalized spacial score (nSPS) is 23.8. The van der Waals surface area contributed by atoms with E-state index in [0.717, 1.165) is 35.7 Å². The Kier molecular flexibility index (Phi) is 4.34. The topological polar surface area (TPSA) is 80.5 Å². The molecule has 1 N–H and O–H groups in total. The van der Waals surface area contributed by atoms with Crippen molar-refractivity contribution in [3.63, 3.8) is 0 Å². The Morgan fingerprint density at radius 2 is 2.29 bits per heavy atom. The van der Waals surface area contributed by atoms with Gasteiger partial charge < -0.3 is 19.4 Å². The van der Waals surface area contributed by atoms with Gasteiger partial charge in [0.15, 0.2) is 0 Å². The third-order valence-electron chi connectivity index (χ3n) is 6.21. The molecule has 5 rings (SSSR count). The third kappa shape index (κ3) is 3.28. The van der Waals surface area contributed by atoms with Crippen LogP contribution in [0.5, 0.6) is 0 Å². The van der Waals surface area contributed by atoms with Crippen LogP contribution in [0.15, 0.2) is 22.8 Å². The van der Waals surface area contributed by atoms with Crippen molar-refractivity contribution >= 4 is 11.9 Å². The van der Waals surface area contributed by atoms with E-state index >= 15 is 0 Å². The molecule has 1 unspecified atom stereocenters. The summed E-state index contributed by atoms with van der Waals surface area (Å²) >= 11 is 0. The summed E-state index contributed by atoms with van der Waals surface area (Å²) in [5.41, 5.74) is 2.84. The van der Waals surface area contributed by atoms with E-state index in [1.165, 1.54) is 12.8 Å². The highest BCUT2D eigenvalue weighted by molar-refractivity contribution is 5.77. The second-order valence-corrected chi connectivity index (χ2v) is 8.38. The van der Waals surface area contributed by atoms with E-state index < -0.39 is 0 Å². The molecule has 0 aromatic carbocycles. The minimum Gasteiger partial charge on any atom is -0.467 e. The number of furan rings is 1. The zero-order valence-electron chi connectivity index (χ0n) is 16.2. The summed E-state index contributed by atoms with van der Waals surface area (Å²) in [5.74, 6) is 2.35. The monoisotopic (exact) mass is 382 g/mol. The standard InChI is InChI=1S/C21H26N4O3/c1-14-17-11-27-13-21(6-7-25(12-21)18(26)9-15-4-5-15)19(17)24-20(23-14)22-10-16-3-2-8-28-16/h2-3,8,15H,4-7,9-13H2,1H3,(H,22,23,24). The molecular weight excluding hydrogens is 356 g/mol. The average molecular weight is 382 g/mol. The van der Waals surface area contributed by atoms with Crippen molar-refractivity contribution in [3.05, 3.63) is 41.1 Å². The first-order chi connectivity index (χ1) is 13.6. The number of nitrogens with one attached hydrogen (secondary N) is 1. The van der Waals surface area contributed by atoms with Gasteiger partial charge in [0.25, 0.3) is 0 Å². The number of hydrogen-bond donors (Lipinski definition) is 1. The van der Waals surface area contributed by atoms with Crippen LogP contribution in [0.2, 0.25) is 0 Å². The number of fused-ring (bicyclic) bond motifs is 2. The molecule has 2 aromatic heterocycles. The SMILES string of the molecule is Cc1nc(NCc2ccco2)nc2c1COCC21CCN(C(=O)CC2CC2)C1.